The van der Waals surface area contributed by atoms with Crippen LogP contribution < -0.4 is 5.32 Å². The molecule has 0 aromatic heterocycles. The summed E-state index contributed by atoms with van der Waals surface area (Å²) in [7, 11) is 0. The van der Waals surface area contributed by atoms with E-state index in [1.165, 1.54) is 0 Å². The lowest BCUT2D eigenvalue weighted by Gasteiger charge is -2.20. The summed E-state index contributed by atoms with van der Waals surface area (Å²) in [5.74, 6) is -0.461. The Kier molecular flexibility index (Phi) is 3.73. The highest BCUT2D eigenvalue weighted by molar-refractivity contribution is 5.84. The maximum atomic E-state index is 11.2. The minimum atomic E-state index is -0.274. The molecule has 0 bridgehead atoms. The molecule has 1 atom stereocenters. The first-order valence-electron chi connectivity index (χ1n) is 4.67. The largest absolute Gasteiger partial charge is 0.466 e. The molecule has 1 saturated heterocycles. The molecule has 1 aliphatic heterocycles. The van der Waals surface area contributed by atoms with Crippen molar-refractivity contribution >= 4 is 11.9 Å². The van der Waals surface area contributed by atoms with Crippen LogP contribution in [0.5, 0.6) is 0 Å². The number of amides is 1. The number of carbonyl (C=O) groups is 2. The Morgan fingerprint density at radius 2 is 2.46 bits per heavy atom. The molecule has 4 nitrogen and oxygen atoms in total. The Labute approximate surface area is 77.6 Å². The van der Waals surface area contributed by atoms with Gasteiger partial charge in [-0.25, -0.2) is 0 Å². The summed E-state index contributed by atoms with van der Waals surface area (Å²) in [4.78, 5) is 22.3. The zero-order valence-electron chi connectivity index (χ0n) is 7.84. The van der Waals surface area contributed by atoms with Crippen LogP contribution in [-0.2, 0) is 14.3 Å². The van der Waals surface area contributed by atoms with Crippen LogP contribution >= 0.6 is 0 Å². The van der Waals surface area contributed by atoms with Crippen molar-refractivity contribution in [3.63, 3.8) is 0 Å². The van der Waals surface area contributed by atoms with Gasteiger partial charge in [0.05, 0.1) is 13.0 Å². The second-order valence-corrected chi connectivity index (χ2v) is 3.14. The standard InChI is InChI=1S/C9H15NO3/c1-2-13-8(11)6-7-4-3-5-10-9(7)12/h7H,2-6H2,1H3,(H,10,12). The highest BCUT2D eigenvalue weighted by Crippen LogP contribution is 2.15. The predicted molar refractivity (Wildman–Crippen MR) is 47.0 cm³/mol. The molecular weight excluding hydrogens is 170 g/mol. The molecule has 13 heavy (non-hydrogen) atoms. The summed E-state index contributed by atoms with van der Waals surface area (Å²) >= 11 is 0. The van der Waals surface area contributed by atoms with Crippen molar-refractivity contribution in [1.82, 2.24) is 5.32 Å². The molecule has 0 spiro atoms. The maximum absolute atomic E-state index is 11.2. The molecule has 1 heterocycles. The van der Waals surface area contributed by atoms with Crippen molar-refractivity contribution < 1.29 is 14.3 Å². The molecule has 1 fully saturated rings. The van der Waals surface area contributed by atoms with Crippen molar-refractivity contribution in [2.75, 3.05) is 13.2 Å². The Morgan fingerprint density at radius 3 is 3.08 bits per heavy atom. The Morgan fingerprint density at radius 1 is 1.69 bits per heavy atom. The van der Waals surface area contributed by atoms with Crippen molar-refractivity contribution in [3.05, 3.63) is 0 Å². The lowest BCUT2D eigenvalue weighted by molar-refractivity contribution is -0.147. The average molecular weight is 185 g/mol. The first-order valence-corrected chi connectivity index (χ1v) is 4.67. The number of rotatable bonds is 3. The van der Waals surface area contributed by atoms with Gasteiger partial charge in [-0.2, -0.15) is 0 Å². The lowest BCUT2D eigenvalue weighted by Crippen LogP contribution is -2.37. The number of esters is 1. The van der Waals surface area contributed by atoms with Gasteiger partial charge in [-0.1, -0.05) is 0 Å². The van der Waals surface area contributed by atoms with Crippen LogP contribution in [0, 0.1) is 5.92 Å². The second-order valence-electron chi connectivity index (χ2n) is 3.14. The van der Waals surface area contributed by atoms with Crippen LogP contribution in [0.25, 0.3) is 0 Å². The minimum absolute atomic E-state index is 0.0145. The molecule has 0 aromatic carbocycles. The van der Waals surface area contributed by atoms with Gasteiger partial charge < -0.3 is 10.1 Å². The molecule has 0 saturated carbocycles. The monoisotopic (exact) mass is 185 g/mol. The fourth-order valence-corrected chi connectivity index (χ4v) is 1.45. The minimum Gasteiger partial charge on any atom is -0.466 e. The van der Waals surface area contributed by atoms with Gasteiger partial charge in [0.1, 0.15) is 0 Å². The van der Waals surface area contributed by atoms with Gasteiger partial charge in [-0.15, -0.1) is 0 Å². The normalized spacial score (nSPS) is 22.2. The molecule has 4 heteroatoms. The van der Waals surface area contributed by atoms with Gasteiger partial charge in [0.15, 0.2) is 0 Å². The number of ether oxygens (including phenoxy) is 1. The fourth-order valence-electron chi connectivity index (χ4n) is 1.45. The molecular formula is C9H15NO3. The Bertz CT molecular complexity index is 203. The van der Waals surface area contributed by atoms with E-state index in [-0.39, 0.29) is 24.2 Å². The molecule has 1 N–H and O–H groups in total. The molecule has 0 aliphatic carbocycles. The van der Waals surface area contributed by atoms with E-state index in [9.17, 15) is 9.59 Å². The first-order chi connectivity index (χ1) is 6.24. The topological polar surface area (TPSA) is 55.4 Å². The van der Waals surface area contributed by atoms with Crippen molar-refractivity contribution in [1.29, 1.82) is 0 Å². The van der Waals surface area contributed by atoms with E-state index in [0.29, 0.717) is 6.61 Å². The molecule has 1 unspecified atom stereocenters. The van der Waals surface area contributed by atoms with E-state index in [4.69, 9.17) is 4.74 Å². The second kappa shape index (κ2) is 4.84. The van der Waals surface area contributed by atoms with Crippen LogP contribution in [0.4, 0.5) is 0 Å². The predicted octanol–water partition coefficient (Wildman–Crippen LogP) is 0.466. The van der Waals surface area contributed by atoms with E-state index in [1.807, 2.05) is 0 Å². The summed E-state index contributed by atoms with van der Waals surface area (Å²) in [6, 6.07) is 0. The first kappa shape index (κ1) is 10.0. The SMILES string of the molecule is CCOC(=O)CC1CCCNC1=O. The molecule has 1 aliphatic rings. The molecule has 0 radical (unpaired) electrons. The zero-order chi connectivity index (χ0) is 9.68. The lowest BCUT2D eigenvalue weighted by atomic mass is 9.95. The van der Waals surface area contributed by atoms with Crippen LogP contribution in [0.2, 0.25) is 0 Å². The van der Waals surface area contributed by atoms with Crippen molar-refractivity contribution in [2.45, 2.75) is 26.2 Å². The van der Waals surface area contributed by atoms with Gasteiger partial charge in [0, 0.05) is 12.5 Å². The van der Waals surface area contributed by atoms with Gasteiger partial charge in [0.2, 0.25) is 5.91 Å². The third-order valence-corrected chi connectivity index (χ3v) is 2.12. The van der Waals surface area contributed by atoms with Crippen LogP contribution in [0.1, 0.15) is 26.2 Å². The number of carbonyl (C=O) groups excluding carboxylic acids is 2. The number of nitrogens with one attached hydrogen (secondary N) is 1. The van der Waals surface area contributed by atoms with E-state index >= 15 is 0 Å². The van der Waals surface area contributed by atoms with Gasteiger partial charge in [0.25, 0.3) is 0 Å². The Balaban J connectivity index is 2.33. The smallest absolute Gasteiger partial charge is 0.306 e. The average Bonchev–Trinajstić information content (AvgIpc) is 2.09. The number of piperidine rings is 1. The quantitative estimate of drug-likeness (QED) is 0.650. The van der Waals surface area contributed by atoms with E-state index in [0.717, 1.165) is 19.4 Å². The molecule has 0 aromatic rings. The number of hydrogen-bond donors (Lipinski definition) is 1. The van der Waals surface area contributed by atoms with Gasteiger partial charge in [-0.3, -0.25) is 9.59 Å². The number of hydrogen-bond acceptors (Lipinski definition) is 3. The van der Waals surface area contributed by atoms with E-state index in [2.05, 4.69) is 5.32 Å². The summed E-state index contributed by atoms with van der Waals surface area (Å²) in [6.45, 7) is 2.88. The van der Waals surface area contributed by atoms with Crippen molar-refractivity contribution in [3.8, 4) is 0 Å². The maximum Gasteiger partial charge on any atom is 0.306 e. The Hall–Kier alpha value is -1.06. The third-order valence-electron chi connectivity index (χ3n) is 2.12. The van der Waals surface area contributed by atoms with Crippen LogP contribution in [-0.4, -0.2) is 25.0 Å². The van der Waals surface area contributed by atoms with Gasteiger partial charge in [-0.05, 0) is 19.8 Å². The molecule has 74 valence electrons. The van der Waals surface area contributed by atoms with E-state index in [1.54, 1.807) is 6.92 Å². The van der Waals surface area contributed by atoms with Crippen LogP contribution in [0.15, 0.2) is 0 Å². The fraction of sp³-hybridized carbons (Fsp3) is 0.778. The molecule has 1 rings (SSSR count). The zero-order valence-corrected chi connectivity index (χ0v) is 7.84. The third kappa shape index (κ3) is 3.05. The summed E-state index contributed by atoms with van der Waals surface area (Å²) < 4.78 is 4.77. The summed E-state index contributed by atoms with van der Waals surface area (Å²) in [5, 5.41) is 2.73. The van der Waals surface area contributed by atoms with Gasteiger partial charge >= 0.3 is 5.97 Å². The summed E-state index contributed by atoms with van der Waals surface area (Å²) in [6.07, 6.45) is 1.97. The molecule has 1 amide bonds. The van der Waals surface area contributed by atoms with Crippen molar-refractivity contribution in [2.24, 2.45) is 5.92 Å². The highest BCUT2D eigenvalue weighted by Gasteiger charge is 2.24. The highest BCUT2D eigenvalue weighted by atomic mass is 16.5. The van der Waals surface area contributed by atoms with Crippen LogP contribution in [0.3, 0.4) is 0 Å². The van der Waals surface area contributed by atoms with E-state index < -0.39 is 0 Å². The summed E-state index contributed by atoms with van der Waals surface area (Å²) in [5.41, 5.74) is 0.